The molecule has 2 aromatic carbocycles. The molecule has 0 aliphatic carbocycles. The minimum atomic E-state index is -1.33. The number of fused-ring (bicyclic) bond motifs is 1. The fourth-order valence-corrected chi connectivity index (χ4v) is 4.11. The summed E-state index contributed by atoms with van der Waals surface area (Å²) in [5, 5.41) is 13.0. The van der Waals surface area contributed by atoms with E-state index in [0.717, 1.165) is 22.2 Å². The average Bonchev–Trinajstić information content (AvgIpc) is 3.35. The van der Waals surface area contributed by atoms with E-state index >= 15 is 0 Å². The molecule has 3 aromatic heterocycles. The van der Waals surface area contributed by atoms with Gasteiger partial charge in [-0.05, 0) is 49.4 Å². The van der Waals surface area contributed by atoms with Gasteiger partial charge in [0.25, 0.3) is 0 Å². The zero-order valence-electron chi connectivity index (χ0n) is 20.5. The molecular formula is C28H25FN6O3. The van der Waals surface area contributed by atoms with Crippen LogP contribution < -0.4 is 15.8 Å². The van der Waals surface area contributed by atoms with Crippen LogP contribution >= 0.6 is 0 Å². The third kappa shape index (κ3) is 5.16. The average molecular weight is 513 g/mol. The monoisotopic (exact) mass is 512 g/mol. The standard InChI is InChI=1S/C28H25FN6O3/c1-16-4-2-7-23(33-16)27-26(17-8-9-21-18(12-17)13-19(14-31-21)38-11-10-30)34-24(35-27)15-32-22-6-3-5-20(25(22)29)28(36)37/h2-9,12-14,32H,10-11,15,30H2,1H3,(H,34,35)(H,36,37). The zero-order valence-corrected chi connectivity index (χ0v) is 20.5. The fraction of sp³-hybridized carbons (Fsp3) is 0.143. The summed E-state index contributed by atoms with van der Waals surface area (Å²) in [6.45, 7) is 2.83. The summed E-state index contributed by atoms with van der Waals surface area (Å²) in [5.41, 5.74) is 9.76. The number of imidazole rings is 1. The first kappa shape index (κ1) is 24.8. The minimum absolute atomic E-state index is 0.0693. The number of carboxylic acids is 1. The molecule has 0 atom stereocenters. The lowest BCUT2D eigenvalue weighted by atomic mass is 10.1. The van der Waals surface area contributed by atoms with Crippen LogP contribution in [0.3, 0.4) is 0 Å². The Labute approximate surface area is 217 Å². The number of carbonyl (C=O) groups is 1. The van der Waals surface area contributed by atoms with Gasteiger partial charge in [-0.2, -0.15) is 0 Å². The molecule has 38 heavy (non-hydrogen) atoms. The number of pyridine rings is 2. The van der Waals surface area contributed by atoms with Crippen LogP contribution in [-0.4, -0.2) is 44.2 Å². The van der Waals surface area contributed by atoms with Gasteiger partial charge in [-0.1, -0.05) is 18.2 Å². The number of hydrogen-bond acceptors (Lipinski definition) is 7. The Morgan fingerprint density at radius 2 is 1.97 bits per heavy atom. The summed E-state index contributed by atoms with van der Waals surface area (Å²) in [4.78, 5) is 28.5. The second-order valence-electron chi connectivity index (χ2n) is 8.61. The molecule has 9 nitrogen and oxygen atoms in total. The molecule has 5 N–H and O–H groups in total. The van der Waals surface area contributed by atoms with E-state index in [2.05, 4.69) is 20.3 Å². The molecule has 0 amide bonds. The largest absolute Gasteiger partial charge is 0.491 e. The molecular weight excluding hydrogens is 487 g/mol. The van der Waals surface area contributed by atoms with Crippen molar-refractivity contribution < 1.29 is 19.0 Å². The second kappa shape index (κ2) is 10.7. The van der Waals surface area contributed by atoms with Gasteiger partial charge in [0, 0.05) is 23.2 Å². The molecule has 5 aromatic rings. The number of ether oxygens (including phenoxy) is 1. The van der Waals surface area contributed by atoms with E-state index < -0.39 is 17.3 Å². The number of nitrogens with zero attached hydrogens (tertiary/aromatic N) is 3. The van der Waals surface area contributed by atoms with Crippen LogP contribution in [0.2, 0.25) is 0 Å². The molecule has 0 aliphatic rings. The molecule has 0 aliphatic heterocycles. The molecule has 0 unspecified atom stereocenters. The molecule has 0 spiro atoms. The number of rotatable bonds is 9. The third-order valence-electron chi connectivity index (χ3n) is 5.89. The molecule has 0 saturated carbocycles. The quantitative estimate of drug-likeness (QED) is 0.221. The molecule has 10 heteroatoms. The number of halogens is 1. The highest BCUT2D eigenvalue weighted by Crippen LogP contribution is 2.32. The van der Waals surface area contributed by atoms with Gasteiger partial charge in [0.2, 0.25) is 0 Å². The first-order valence-electron chi connectivity index (χ1n) is 11.9. The van der Waals surface area contributed by atoms with Crippen LogP contribution in [0.15, 0.2) is 66.9 Å². The van der Waals surface area contributed by atoms with Crippen molar-refractivity contribution in [3.8, 4) is 28.4 Å². The first-order chi connectivity index (χ1) is 18.4. The van der Waals surface area contributed by atoms with Crippen LogP contribution in [0.4, 0.5) is 10.1 Å². The van der Waals surface area contributed by atoms with Gasteiger partial charge < -0.3 is 25.9 Å². The number of hydrogen-bond donors (Lipinski definition) is 4. The number of aromatic nitrogens is 4. The number of aryl methyl sites for hydroxylation is 1. The van der Waals surface area contributed by atoms with Gasteiger partial charge in [-0.25, -0.2) is 14.2 Å². The molecule has 0 saturated heterocycles. The lowest BCUT2D eigenvalue weighted by molar-refractivity contribution is 0.0692. The molecule has 3 heterocycles. The Balaban J connectivity index is 1.53. The van der Waals surface area contributed by atoms with Crippen molar-refractivity contribution in [3.05, 3.63) is 89.8 Å². The highest BCUT2D eigenvalue weighted by molar-refractivity contribution is 5.89. The second-order valence-corrected chi connectivity index (χ2v) is 8.61. The SMILES string of the molecule is Cc1cccc(-c2[nH]c(CNc3cccc(C(=O)O)c3F)nc2-c2ccc3ncc(OCCN)cc3c2)n1. The van der Waals surface area contributed by atoms with Gasteiger partial charge in [0.1, 0.15) is 18.2 Å². The molecule has 5 rings (SSSR count). The third-order valence-corrected chi connectivity index (χ3v) is 5.89. The smallest absolute Gasteiger partial charge is 0.338 e. The van der Waals surface area contributed by atoms with E-state index in [1.165, 1.54) is 18.2 Å². The van der Waals surface area contributed by atoms with Crippen molar-refractivity contribution in [1.82, 2.24) is 19.9 Å². The molecule has 0 bridgehead atoms. The van der Waals surface area contributed by atoms with E-state index in [1.807, 2.05) is 49.4 Å². The normalized spacial score (nSPS) is 11.0. The molecule has 0 radical (unpaired) electrons. The molecule has 192 valence electrons. The minimum Gasteiger partial charge on any atom is -0.491 e. The highest BCUT2D eigenvalue weighted by atomic mass is 19.1. The van der Waals surface area contributed by atoms with Gasteiger partial charge in [-0.3, -0.25) is 9.97 Å². The predicted octanol–water partition coefficient (Wildman–Crippen LogP) is 4.78. The van der Waals surface area contributed by atoms with Crippen molar-refractivity contribution in [2.45, 2.75) is 13.5 Å². The van der Waals surface area contributed by atoms with Crippen molar-refractivity contribution >= 4 is 22.6 Å². The van der Waals surface area contributed by atoms with Crippen molar-refractivity contribution in [2.75, 3.05) is 18.5 Å². The van der Waals surface area contributed by atoms with E-state index in [4.69, 9.17) is 15.5 Å². The van der Waals surface area contributed by atoms with Crippen LogP contribution in [0, 0.1) is 12.7 Å². The number of aromatic carboxylic acids is 1. The van der Waals surface area contributed by atoms with E-state index in [0.29, 0.717) is 41.8 Å². The highest BCUT2D eigenvalue weighted by Gasteiger charge is 2.18. The summed E-state index contributed by atoms with van der Waals surface area (Å²) >= 11 is 0. The van der Waals surface area contributed by atoms with E-state index in [1.54, 1.807) is 6.20 Å². The van der Waals surface area contributed by atoms with Gasteiger partial charge in [0.05, 0.1) is 46.6 Å². The number of nitrogens with one attached hydrogen (secondary N) is 2. The summed E-state index contributed by atoms with van der Waals surface area (Å²) in [6.07, 6.45) is 1.66. The van der Waals surface area contributed by atoms with Crippen molar-refractivity contribution in [1.29, 1.82) is 0 Å². The van der Waals surface area contributed by atoms with Crippen LogP contribution in [0.1, 0.15) is 21.9 Å². The summed E-state index contributed by atoms with van der Waals surface area (Å²) in [7, 11) is 0. The topological polar surface area (TPSA) is 139 Å². The summed E-state index contributed by atoms with van der Waals surface area (Å²) in [6, 6.07) is 17.6. The van der Waals surface area contributed by atoms with Crippen molar-refractivity contribution in [2.24, 2.45) is 5.73 Å². The van der Waals surface area contributed by atoms with Gasteiger partial charge >= 0.3 is 5.97 Å². The number of anilines is 1. The number of nitrogens with two attached hydrogens (primary N) is 1. The maximum atomic E-state index is 14.6. The van der Waals surface area contributed by atoms with Crippen LogP contribution in [-0.2, 0) is 6.54 Å². The number of benzene rings is 2. The Morgan fingerprint density at radius 3 is 2.76 bits per heavy atom. The van der Waals surface area contributed by atoms with E-state index in [9.17, 15) is 14.3 Å². The lowest BCUT2D eigenvalue weighted by Gasteiger charge is -2.07. The summed E-state index contributed by atoms with van der Waals surface area (Å²) < 4.78 is 20.3. The van der Waals surface area contributed by atoms with Gasteiger partial charge in [-0.15, -0.1) is 0 Å². The Bertz CT molecular complexity index is 1630. The fourth-order valence-electron chi connectivity index (χ4n) is 4.11. The maximum Gasteiger partial charge on any atom is 0.338 e. The summed E-state index contributed by atoms with van der Waals surface area (Å²) in [5.74, 6) is -1.02. The Kier molecular flexibility index (Phi) is 6.96. The van der Waals surface area contributed by atoms with E-state index in [-0.39, 0.29) is 12.2 Å². The van der Waals surface area contributed by atoms with Gasteiger partial charge in [0.15, 0.2) is 5.82 Å². The Hall–Kier alpha value is -4.83. The first-order valence-corrected chi connectivity index (χ1v) is 11.9. The van der Waals surface area contributed by atoms with Crippen molar-refractivity contribution in [3.63, 3.8) is 0 Å². The van der Waals surface area contributed by atoms with Crippen LogP contribution in [0.25, 0.3) is 33.5 Å². The predicted molar refractivity (Wildman–Crippen MR) is 143 cm³/mol. The number of carboxylic acid groups (broad SMARTS) is 1. The lowest BCUT2D eigenvalue weighted by Crippen LogP contribution is -2.10. The maximum absolute atomic E-state index is 14.6. The van der Waals surface area contributed by atoms with Crippen LogP contribution in [0.5, 0.6) is 5.75 Å². The Morgan fingerprint density at radius 1 is 1.13 bits per heavy atom. The number of aromatic amines is 1. The number of H-pyrrole nitrogens is 1. The zero-order chi connectivity index (χ0) is 26.6. The molecule has 0 fully saturated rings.